The third-order valence-electron chi connectivity index (χ3n) is 3.12. The molecule has 23 heavy (non-hydrogen) atoms. The first-order valence-corrected chi connectivity index (χ1v) is 6.70. The molecule has 116 valence electrons. The van der Waals surface area contributed by atoms with Gasteiger partial charge < -0.3 is 0 Å². The minimum absolute atomic E-state index is 0.100. The van der Waals surface area contributed by atoms with Crippen LogP contribution in [0.5, 0.6) is 0 Å². The highest BCUT2D eigenvalue weighted by molar-refractivity contribution is 5.87. The number of fused-ring (bicyclic) bond motifs is 1. The Bertz CT molecular complexity index is 859. The lowest BCUT2D eigenvalue weighted by molar-refractivity contribution is -0.136. The van der Waals surface area contributed by atoms with E-state index in [0.29, 0.717) is 11.1 Å². The number of para-hydroxylation sites is 1. The third kappa shape index (κ3) is 3.45. The maximum Gasteiger partial charge on any atom is 0.418 e. The number of alkyl halides is 3. The molecule has 3 aromatic rings. The largest absolute Gasteiger partial charge is 0.418 e. The fraction of sp³-hybridized carbons (Fsp3) is 0.0625. The van der Waals surface area contributed by atoms with E-state index in [9.17, 15) is 13.2 Å². The molecule has 0 amide bonds. The second-order valence-corrected chi connectivity index (χ2v) is 4.72. The second-order valence-electron chi connectivity index (χ2n) is 4.72. The van der Waals surface area contributed by atoms with Gasteiger partial charge in [-0.25, -0.2) is 0 Å². The van der Waals surface area contributed by atoms with E-state index in [1.165, 1.54) is 24.4 Å². The van der Waals surface area contributed by atoms with Crippen molar-refractivity contribution in [2.24, 2.45) is 5.10 Å². The van der Waals surface area contributed by atoms with Gasteiger partial charge in [0, 0.05) is 12.4 Å². The molecule has 0 radical (unpaired) electrons. The number of benzene rings is 2. The van der Waals surface area contributed by atoms with Crippen molar-refractivity contribution in [2.45, 2.75) is 6.18 Å². The van der Waals surface area contributed by atoms with Crippen molar-refractivity contribution in [3.63, 3.8) is 0 Å². The van der Waals surface area contributed by atoms with Crippen molar-refractivity contribution < 1.29 is 13.2 Å². The Morgan fingerprint density at radius 3 is 2.48 bits per heavy atom. The van der Waals surface area contributed by atoms with Gasteiger partial charge in [0.15, 0.2) is 0 Å². The maximum absolute atomic E-state index is 12.9. The quantitative estimate of drug-likeness (QED) is 0.585. The van der Waals surface area contributed by atoms with E-state index >= 15 is 0 Å². The number of hydrogen-bond acceptors (Lipinski definition) is 4. The summed E-state index contributed by atoms with van der Waals surface area (Å²) in [4.78, 5) is 8.30. The van der Waals surface area contributed by atoms with Crippen molar-refractivity contribution in [2.75, 3.05) is 5.43 Å². The zero-order chi connectivity index (χ0) is 16.3. The Morgan fingerprint density at radius 1 is 0.957 bits per heavy atom. The first-order valence-electron chi connectivity index (χ1n) is 6.70. The summed E-state index contributed by atoms with van der Waals surface area (Å²) in [6.45, 7) is 0. The predicted octanol–water partition coefficient (Wildman–Crippen LogP) is 4.09. The molecule has 2 aromatic carbocycles. The molecule has 1 aromatic heterocycles. The van der Waals surface area contributed by atoms with E-state index in [2.05, 4.69) is 20.5 Å². The van der Waals surface area contributed by atoms with Crippen LogP contribution in [0.1, 0.15) is 11.1 Å². The van der Waals surface area contributed by atoms with Crippen molar-refractivity contribution in [1.82, 2.24) is 9.97 Å². The minimum atomic E-state index is -4.43. The first kappa shape index (κ1) is 15.0. The van der Waals surface area contributed by atoms with E-state index in [4.69, 9.17) is 0 Å². The average molecular weight is 316 g/mol. The van der Waals surface area contributed by atoms with Crippen LogP contribution in [0.15, 0.2) is 60.0 Å². The monoisotopic (exact) mass is 316 g/mol. The lowest BCUT2D eigenvalue weighted by atomic mass is 10.2. The number of halogens is 3. The van der Waals surface area contributed by atoms with E-state index in [-0.39, 0.29) is 5.69 Å². The zero-order valence-electron chi connectivity index (χ0n) is 11.7. The molecular weight excluding hydrogens is 305 g/mol. The van der Waals surface area contributed by atoms with Crippen molar-refractivity contribution >= 4 is 22.9 Å². The van der Waals surface area contributed by atoms with Crippen molar-refractivity contribution in [3.8, 4) is 0 Å². The Balaban J connectivity index is 1.81. The van der Waals surface area contributed by atoms with Crippen LogP contribution in [0.2, 0.25) is 0 Å². The van der Waals surface area contributed by atoms with Crippen molar-refractivity contribution in [3.05, 3.63) is 66.0 Å². The van der Waals surface area contributed by atoms with Crippen LogP contribution in [0.4, 0.5) is 18.9 Å². The van der Waals surface area contributed by atoms with Crippen LogP contribution in [-0.2, 0) is 6.18 Å². The molecule has 0 saturated carbocycles. The molecule has 0 aliphatic heterocycles. The second kappa shape index (κ2) is 6.04. The van der Waals surface area contributed by atoms with Crippen molar-refractivity contribution in [1.29, 1.82) is 0 Å². The Kier molecular flexibility index (Phi) is 3.92. The molecule has 0 saturated heterocycles. The number of rotatable bonds is 3. The van der Waals surface area contributed by atoms with E-state index in [1.807, 2.05) is 0 Å². The summed E-state index contributed by atoms with van der Waals surface area (Å²) >= 11 is 0. The topological polar surface area (TPSA) is 50.2 Å². The van der Waals surface area contributed by atoms with Gasteiger partial charge in [-0.15, -0.1) is 0 Å². The lowest BCUT2D eigenvalue weighted by Gasteiger charge is -2.11. The van der Waals surface area contributed by atoms with Gasteiger partial charge in [0.05, 0.1) is 28.5 Å². The molecule has 0 unspecified atom stereocenters. The molecule has 0 spiro atoms. The Labute approximate surface area is 129 Å². The van der Waals surface area contributed by atoms with E-state index in [0.717, 1.165) is 11.6 Å². The van der Waals surface area contributed by atoms with Gasteiger partial charge in [0.1, 0.15) is 0 Å². The fourth-order valence-electron chi connectivity index (χ4n) is 2.06. The molecule has 0 fully saturated rings. The molecule has 0 bridgehead atoms. The van der Waals surface area contributed by atoms with Gasteiger partial charge >= 0.3 is 6.18 Å². The summed E-state index contributed by atoms with van der Waals surface area (Å²) in [6, 6.07) is 10.5. The number of nitrogens with one attached hydrogen (secondary N) is 1. The predicted molar refractivity (Wildman–Crippen MR) is 82.2 cm³/mol. The number of hydrogen-bond donors (Lipinski definition) is 1. The number of anilines is 1. The van der Waals surface area contributed by atoms with Crippen LogP contribution >= 0.6 is 0 Å². The highest BCUT2D eigenvalue weighted by atomic mass is 19.4. The number of hydrazone groups is 1. The minimum Gasteiger partial charge on any atom is -0.278 e. The van der Waals surface area contributed by atoms with Gasteiger partial charge in [0.25, 0.3) is 0 Å². The number of nitrogens with zero attached hydrogens (tertiary/aromatic N) is 3. The van der Waals surface area contributed by atoms with Crippen LogP contribution in [-0.4, -0.2) is 16.2 Å². The normalized spacial score (nSPS) is 12.0. The maximum atomic E-state index is 12.9. The van der Waals surface area contributed by atoms with Gasteiger partial charge in [0.2, 0.25) is 0 Å². The Hall–Kier alpha value is -2.96. The molecule has 0 atom stereocenters. The van der Waals surface area contributed by atoms with E-state index in [1.54, 1.807) is 30.6 Å². The molecule has 1 heterocycles. The van der Waals surface area contributed by atoms with Crippen LogP contribution in [0.3, 0.4) is 0 Å². The average Bonchev–Trinajstić information content (AvgIpc) is 2.54. The molecule has 3 rings (SSSR count). The molecular formula is C16H11F3N4. The SMILES string of the molecule is FC(F)(F)c1ccccc1N/N=C/c1ccc2nccnc2c1. The van der Waals surface area contributed by atoms with Gasteiger partial charge in [-0.3, -0.25) is 15.4 Å². The standard InChI is InChI=1S/C16H11F3N4/c17-16(18,19)12-3-1-2-4-13(12)23-22-10-11-5-6-14-15(9-11)21-8-7-20-14/h1-10,23H/b22-10+. The van der Waals surface area contributed by atoms with Crippen LogP contribution < -0.4 is 5.43 Å². The highest BCUT2D eigenvalue weighted by Crippen LogP contribution is 2.34. The third-order valence-corrected chi connectivity index (χ3v) is 3.12. The summed E-state index contributed by atoms with van der Waals surface area (Å²) < 4.78 is 38.6. The molecule has 7 heteroatoms. The van der Waals surface area contributed by atoms with Crippen LogP contribution in [0, 0.1) is 0 Å². The smallest absolute Gasteiger partial charge is 0.278 e. The van der Waals surface area contributed by atoms with Gasteiger partial charge in [-0.2, -0.15) is 18.3 Å². The van der Waals surface area contributed by atoms with Gasteiger partial charge in [-0.05, 0) is 29.8 Å². The summed E-state index contributed by atoms with van der Waals surface area (Å²) in [5, 5.41) is 3.87. The first-order chi connectivity index (χ1) is 11.0. The molecule has 0 aliphatic rings. The summed E-state index contributed by atoms with van der Waals surface area (Å²) in [7, 11) is 0. The number of aromatic nitrogens is 2. The lowest BCUT2D eigenvalue weighted by Crippen LogP contribution is -2.08. The summed E-state index contributed by atoms with van der Waals surface area (Å²) in [5.41, 5.74) is 3.69. The fourth-order valence-corrected chi connectivity index (χ4v) is 2.06. The highest BCUT2D eigenvalue weighted by Gasteiger charge is 2.33. The molecule has 1 N–H and O–H groups in total. The zero-order valence-corrected chi connectivity index (χ0v) is 11.7. The summed E-state index contributed by atoms with van der Waals surface area (Å²) in [5.74, 6) is 0. The van der Waals surface area contributed by atoms with E-state index < -0.39 is 11.7 Å². The van der Waals surface area contributed by atoms with Crippen LogP contribution in [0.25, 0.3) is 11.0 Å². The Morgan fingerprint density at radius 2 is 1.70 bits per heavy atom. The summed E-state index contributed by atoms with van der Waals surface area (Å²) in [6.07, 6.45) is 0.158. The van der Waals surface area contributed by atoms with Gasteiger partial charge in [-0.1, -0.05) is 18.2 Å². The molecule has 4 nitrogen and oxygen atoms in total. The molecule has 0 aliphatic carbocycles.